The van der Waals surface area contributed by atoms with Crippen molar-refractivity contribution in [3.8, 4) is 0 Å². The molecule has 0 N–H and O–H groups in total. The van der Waals surface area contributed by atoms with Gasteiger partial charge in [0.1, 0.15) is 11.6 Å². The fraction of sp³-hybridized carbons (Fsp3) is 0.536. The molecule has 0 saturated carbocycles. The Morgan fingerprint density at radius 3 is 2.39 bits per heavy atom. The van der Waals surface area contributed by atoms with Gasteiger partial charge in [0.25, 0.3) is 0 Å². The molecule has 3 atom stereocenters. The van der Waals surface area contributed by atoms with Gasteiger partial charge >= 0.3 is 0 Å². The molecule has 0 aromatic heterocycles. The second-order valence-electron chi connectivity index (χ2n) is 11.5. The Balaban J connectivity index is 1.45. The quantitative estimate of drug-likeness (QED) is 0.435. The first-order valence-corrected chi connectivity index (χ1v) is 15.1. The van der Waals surface area contributed by atoms with E-state index in [0.717, 1.165) is 25.1 Å². The molecular weight excluding hydrogens is 429 g/mol. The van der Waals surface area contributed by atoms with E-state index in [1.165, 1.54) is 23.3 Å². The maximum atomic E-state index is 13.3. The van der Waals surface area contributed by atoms with Crippen LogP contribution in [-0.4, -0.2) is 38.2 Å². The average molecular weight is 468 g/mol. The molecule has 2 aromatic carbocycles. The molecule has 3 nitrogen and oxygen atoms in total. The number of carbonyl (C=O) groups is 1. The van der Waals surface area contributed by atoms with Crippen molar-refractivity contribution >= 4 is 14.1 Å². The van der Waals surface area contributed by atoms with E-state index in [1.807, 2.05) is 6.92 Å². The first-order valence-electron chi connectivity index (χ1n) is 12.2. The number of ketones is 1. The Bertz CT molecular complexity index is 992. The van der Waals surface area contributed by atoms with E-state index in [2.05, 4.69) is 63.0 Å². The maximum Gasteiger partial charge on any atom is 0.192 e. The number of Topliss-reactive ketones (excluding diaryl/α,β-unsaturated/α-hetero) is 1. The molecule has 2 unspecified atom stereocenters. The fourth-order valence-electron chi connectivity index (χ4n) is 5.07. The normalized spacial score (nSPS) is 22.6. The summed E-state index contributed by atoms with van der Waals surface area (Å²) in [4.78, 5) is 15.8. The molecule has 2 aromatic rings. The second-order valence-corrected chi connectivity index (χ2v) is 16.3. The molecule has 1 fully saturated rings. The minimum Gasteiger partial charge on any atom is -0.411 e. The predicted octanol–water partition coefficient (Wildman–Crippen LogP) is 6.51. The van der Waals surface area contributed by atoms with Gasteiger partial charge in [-0.2, -0.15) is 0 Å². The van der Waals surface area contributed by atoms with Gasteiger partial charge in [0, 0.05) is 31.5 Å². The lowest BCUT2D eigenvalue weighted by Gasteiger charge is -2.49. The summed E-state index contributed by atoms with van der Waals surface area (Å²) in [6.45, 7) is 15.3. The Labute approximate surface area is 199 Å². The summed E-state index contributed by atoms with van der Waals surface area (Å²) in [5, 5.41) is 0.207. The maximum absolute atomic E-state index is 13.3. The van der Waals surface area contributed by atoms with Crippen molar-refractivity contribution in [2.24, 2.45) is 5.92 Å². The van der Waals surface area contributed by atoms with Crippen LogP contribution in [0.4, 0.5) is 4.39 Å². The van der Waals surface area contributed by atoms with Gasteiger partial charge in [-0.05, 0) is 59.3 Å². The first kappa shape index (κ1) is 24.3. The van der Waals surface area contributed by atoms with Gasteiger partial charge in [0.15, 0.2) is 8.32 Å². The van der Waals surface area contributed by atoms with Gasteiger partial charge in [-0.3, -0.25) is 9.69 Å². The molecule has 0 amide bonds. The lowest BCUT2D eigenvalue weighted by molar-refractivity contribution is -0.122. The fourth-order valence-corrected chi connectivity index (χ4v) is 6.41. The standard InChI is InChI=1S/C28H38FNO2Si/c1-19(20-11-13-23(29)14-12-20)26(31)16-22-15-21-9-7-8-10-25(21)27(22)30-17-24(18-30)32-33(5,6)28(2,3)4/h7-14,19,22,24,27H,15-18H2,1-6H3/t19-,22?,27?/m0/s1. The van der Waals surface area contributed by atoms with Crippen molar-refractivity contribution in [2.45, 2.75) is 76.7 Å². The molecule has 2 aliphatic rings. The number of hydrogen-bond acceptors (Lipinski definition) is 3. The van der Waals surface area contributed by atoms with E-state index in [9.17, 15) is 9.18 Å². The van der Waals surface area contributed by atoms with Crippen LogP contribution in [0, 0.1) is 11.7 Å². The molecule has 33 heavy (non-hydrogen) atoms. The summed E-state index contributed by atoms with van der Waals surface area (Å²) >= 11 is 0. The van der Waals surface area contributed by atoms with Gasteiger partial charge in [0.05, 0.1) is 6.10 Å². The highest BCUT2D eigenvalue weighted by atomic mass is 28.4. The highest BCUT2D eigenvalue weighted by Crippen LogP contribution is 2.46. The van der Waals surface area contributed by atoms with Crippen LogP contribution >= 0.6 is 0 Å². The van der Waals surface area contributed by atoms with E-state index in [1.54, 1.807) is 12.1 Å². The zero-order chi connectivity index (χ0) is 24.0. The highest BCUT2D eigenvalue weighted by Gasteiger charge is 2.46. The van der Waals surface area contributed by atoms with Crippen molar-refractivity contribution in [2.75, 3.05) is 13.1 Å². The molecule has 0 radical (unpaired) electrons. The number of rotatable bonds is 7. The third-order valence-electron chi connectivity index (χ3n) is 8.16. The molecule has 0 spiro atoms. The van der Waals surface area contributed by atoms with Crippen LogP contribution in [0.3, 0.4) is 0 Å². The molecule has 178 valence electrons. The number of carbonyl (C=O) groups excluding carboxylic acids is 1. The summed E-state index contributed by atoms with van der Waals surface area (Å²) in [6.07, 6.45) is 1.77. The highest BCUT2D eigenvalue weighted by molar-refractivity contribution is 6.74. The summed E-state index contributed by atoms with van der Waals surface area (Å²) in [5.41, 5.74) is 3.62. The lowest BCUT2D eigenvalue weighted by atomic mass is 9.86. The van der Waals surface area contributed by atoms with E-state index in [4.69, 9.17) is 4.43 Å². The third kappa shape index (κ3) is 5.01. The second kappa shape index (κ2) is 9.08. The SMILES string of the molecule is C[C@H](C(=O)CC1Cc2ccccc2C1N1CC(O[Si](C)(C)C(C)(C)C)C1)c1ccc(F)cc1. The number of benzene rings is 2. The van der Waals surface area contributed by atoms with Gasteiger partial charge < -0.3 is 4.43 Å². The Morgan fingerprint density at radius 2 is 1.76 bits per heavy atom. The molecule has 5 heteroatoms. The molecule has 1 heterocycles. The van der Waals surface area contributed by atoms with Crippen LogP contribution in [0.5, 0.6) is 0 Å². The topological polar surface area (TPSA) is 29.5 Å². The number of likely N-dealkylation sites (tertiary alicyclic amines) is 1. The van der Waals surface area contributed by atoms with E-state index >= 15 is 0 Å². The van der Waals surface area contributed by atoms with Crippen LogP contribution < -0.4 is 0 Å². The molecule has 1 saturated heterocycles. The van der Waals surface area contributed by atoms with Gasteiger partial charge in [-0.1, -0.05) is 64.1 Å². The van der Waals surface area contributed by atoms with Crippen molar-refractivity contribution in [3.05, 3.63) is 71.0 Å². The Kier molecular flexibility index (Phi) is 6.69. The lowest BCUT2D eigenvalue weighted by Crippen LogP contribution is -2.59. The van der Waals surface area contributed by atoms with Gasteiger partial charge in [-0.15, -0.1) is 0 Å². The molecular formula is C28H38FNO2Si. The van der Waals surface area contributed by atoms with Gasteiger partial charge in [-0.25, -0.2) is 4.39 Å². The van der Waals surface area contributed by atoms with Crippen molar-refractivity contribution < 1.29 is 13.6 Å². The van der Waals surface area contributed by atoms with E-state index < -0.39 is 8.32 Å². The summed E-state index contributed by atoms with van der Waals surface area (Å²) in [7, 11) is -1.79. The van der Waals surface area contributed by atoms with E-state index in [0.29, 0.717) is 6.42 Å². The van der Waals surface area contributed by atoms with Gasteiger partial charge in [0.2, 0.25) is 0 Å². The smallest absolute Gasteiger partial charge is 0.192 e. The monoisotopic (exact) mass is 467 g/mol. The number of nitrogens with zero attached hydrogens (tertiary/aromatic N) is 1. The average Bonchev–Trinajstić information content (AvgIpc) is 3.07. The van der Waals surface area contributed by atoms with Crippen LogP contribution in [0.25, 0.3) is 0 Å². The molecule has 4 rings (SSSR count). The van der Waals surface area contributed by atoms with Crippen LogP contribution in [0.1, 0.15) is 62.8 Å². The Morgan fingerprint density at radius 1 is 1.12 bits per heavy atom. The molecule has 0 bridgehead atoms. The number of hydrogen-bond donors (Lipinski definition) is 0. The number of fused-ring (bicyclic) bond motifs is 1. The zero-order valence-electron chi connectivity index (χ0n) is 20.9. The third-order valence-corrected chi connectivity index (χ3v) is 12.7. The van der Waals surface area contributed by atoms with Crippen LogP contribution in [0.15, 0.2) is 48.5 Å². The molecule has 1 aliphatic heterocycles. The molecule has 1 aliphatic carbocycles. The van der Waals surface area contributed by atoms with Crippen molar-refractivity contribution in [1.29, 1.82) is 0 Å². The van der Waals surface area contributed by atoms with E-state index in [-0.39, 0.29) is 40.6 Å². The van der Waals surface area contributed by atoms with Crippen LogP contribution in [0.2, 0.25) is 18.1 Å². The minimum absolute atomic E-state index is 0.207. The number of halogens is 1. The summed E-state index contributed by atoms with van der Waals surface area (Å²) in [5.74, 6) is 0.0172. The summed E-state index contributed by atoms with van der Waals surface area (Å²) in [6, 6.07) is 15.3. The van der Waals surface area contributed by atoms with Crippen molar-refractivity contribution in [1.82, 2.24) is 4.90 Å². The van der Waals surface area contributed by atoms with Crippen LogP contribution in [-0.2, 0) is 15.6 Å². The summed E-state index contributed by atoms with van der Waals surface area (Å²) < 4.78 is 20.0. The minimum atomic E-state index is -1.79. The predicted molar refractivity (Wildman–Crippen MR) is 134 cm³/mol. The first-order chi connectivity index (χ1) is 15.5. The largest absolute Gasteiger partial charge is 0.411 e. The Hall–Kier alpha value is -1.82. The zero-order valence-corrected chi connectivity index (χ0v) is 21.9. The van der Waals surface area contributed by atoms with Crippen molar-refractivity contribution in [3.63, 3.8) is 0 Å².